The highest BCUT2D eigenvalue weighted by Gasteiger charge is 2.35. The summed E-state index contributed by atoms with van der Waals surface area (Å²) < 4.78 is 18.1. The number of rotatable bonds is 11. The molecular formula is C35H42N2O7. The molecule has 0 radical (unpaired) electrons. The van der Waals surface area contributed by atoms with E-state index in [1.807, 2.05) is 66.7 Å². The molecule has 0 saturated carbocycles. The third-order valence-electron chi connectivity index (χ3n) is 8.36. The number of aliphatic hydroxyl groups is 2. The highest BCUT2D eigenvalue weighted by atomic mass is 16.7. The lowest BCUT2D eigenvalue weighted by molar-refractivity contribution is -0.253. The van der Waals surface area contributed by atoms with Gasteiger partial charge in [-0.15, -0.1) is 0 Å². The van der Waals surface area contributed by atoms with E-state index in [2.05, 4.69) is 16.3 Å². The molecule has 2 aliphatic heterocycles. The molecule has 234 valence electrons. The zero-order valence-corrected chi connectivity index (χ0v) is 25.4. The number of hydrogen-bond donors (Lipinski definition) is 3. The number of hydrogen-bond acceptors (Lipinski definition) is 8. The third-order valence-corrected chi connectivity index (χ3v) is 8.36. The van der Waals surface area contributed by atoms with Crippen LogP contribution < -0.4 is 5.32 Å². The van der Waals surface area contributed by atoms with Crippen molar-refractivity contribution < 1.29 is 34.0 Å². The molecule has 3 aromatic carbocycles. The number of benzene rings is 3. The number of likely N-dealkylation sites (tertiary alicyclic amines) is 1. The summed E-state index contributed by atoms with van der Waals surface area (Å²) in [5, 5.41) is 22.2. The largest absolute Gasteiger partial charge is 0.453 e. The maximum Gasteiger partial charge on any atom is 0.303 e. The van der Waals surface area contributed by atoms with Gasteiger partial charge in [0, 0.05) is 38.0 Å². The number of amides is 1. The van der Waals surface area contributed by atoms with Crippen molar-refractivity contribution in [1.82, 2.24) is 10.2 Å². The average Bonchev–Trinajstić information content (AvgIpc) is 3.50. The normalized spacial score (nSPS) is 22.8. The van der Waals surface area contributed by atoms with Gasteiger partial charge in [0.05, 0.1) is 25.4 Å². The Labute approximate surface area is 258 Å². The van der Waals surface area contributed by atoms with Crippen molar-refractivity contribution in [2.24, 2.45) is 0 Å². The van der Waals surface area contributed by atoms with Crippen molar-refractivity contribution in [1.29, 1.82) is 0 Å². The Morgan fingerprint density at radius 2 is 1.73 bits per heavy atom. The molecule has 5 atom stereocenters. The van der Waals surface area contributed by atoms with E-state index in [9.17, 15) is 19.8 Å². The molecule has 3 N–H and O–H groups in total. The van der Waals surface area contributed by atoms with Crippen LogP contribution >= 0.6 is 0 Å². The van der Waals surface area contributed by atoms with Crippen LogP contribution in [0, 0.1) is 0 Å². The maximum absolute atomic E-state index is 12.3. The van der Waals surface area contributed by atoms with Gasteiger partial charge in [-0.3, -0.25) is 14.5 Å². The Bertz CT molecular complexity index is 1410. The Kier molecular flexibility index (Phi) is 10.8. The highest BCUT2D eigenvalue weighted by molar-refractivity contribution is 5.82. The molecule has 2 heterocycles. The van der Waals surface area contributed by atoms with Gasteiger partial charge in [-0.05, 0) is 66.3 Å². The molecule has 0 spiro atoms. The first-order valence-electron chi connectivity index (χ1n) is 15.3. The third kappa shape index (κ3) is 8.11. The molecule has 44 heavy (non-hydrogen) atoms. The highest BCUT2D eigenvalue weighted by Crippen LogP contribution is 2.39. The first kappa shape index (κ1) is 31.8. The Morgan fingerprint density at radius 1 is 0.977 bits per heavy atom. The number of ether oxygens (including phenoxy) is 3. The molecule has 1 amide bonds. The van der Waals surface area contributed by atoms with E-state index >= 15 is 0 Å². The summed E-state index contributed by atoms with van der Waals surface area (Å²) in [6.45, 7) is 4.93. The second-order valence-corrected chi connectivity index (χ2v) is 11.6. The first-order chi connectivity index (χ1) is 21.3. The lowest BCUT2D eigenvalue weighted by atomic mass is 9.98. The molecule has 3 aromatic rings. The van der Waals surface area contributed by atoms with E-state index in [1.54, 1.807) is 6.92 Å². The van der Waals surface area contributed by atoms with Gasteiger partial charge in [0.25, 0.3) is 5.91 Å². The number of esters is 1. The van der Waals surface area contributed by atoms with E-state index < -0.39 is 18.4 Å². The van der Waals surface area contributed by atoms with Crippen LogP contribution in [-0.4, -0.2) is 64.9 Å². The molecule has 2 fully saturated rings. The van der Waals surface area contributed by atoms with Gasteiger partial charge in [0.1, 0.15) is 0 Å². The van der Waals surface area contributed by atoms with Gasteiger partial charge in [0.2, 0.25) is 0 Å². The van der Waals surface area contributed by atoms with Gasteiger partial charge < -0.3 is 29.7 Å². The van der Waals surface area contributed by atoms with Crippen LogP contribution in [0.4, 0.5) is 0 Å². The van der Waals surface area contributed by atoms with Crippen molar-refractivity contribution in [2.75, 3.05) is 19.7 Å². The number of carbonyl (C=O) groups is 2. The van der Waals surface area contributed by atoms with Crippen molar-refractivity contribution in [3.63, 3.8) is 0 Å². The predicted molar refractivity (Wildman–Crippen MR) is 165 cm³/mol. The van der Waals surface area contributed by atoms with Crippen LogP contribution in [0.1, 0.15) is 67.8 Å². The van der Waals surface area contributed by atoms with Crippen LogP contribution in [0.2, 0.25) is 0 Å². The minimum absolute atomic E-state index is 0.00849. The molecule has 0 bridgehead atoms. The Hall–Kier alpha value is -3.60. The quantitative estimate of drug-likeness (QED) is 0.276. The standard InChI is InChI=1S/C35H42N2O7/c1-23(42-24(2)40)34(41)36-19-26-6-3-7-28(16-26)29-8-4-9-30(17-29)35-43-32(20-37-15-5-10-31(37)22-39)18-33(44-35)27-13-11-25(21-38)12-14-27/h3-4,6-9,11-14,16-17,23,31-33,35,38-39H,5,10,15,18-22H2,1-2H3,(H,36,41)/t23-,31-,32+,33-,35-/m0/s1. The molecular weight excluding hydrogens is 560 g/mol. The smallest absolute Gasteiger partial charge is 0.303 e. The lowest BCUT2D eigenvalue weighted by Gasteiger charge is -2.38. The second kappa shape index (κ2) is 14.9. The average molecular weight is 603 g/mol. The van der Waals surface area contributed by atoms with E-state index in [4.69, 9.17) is 14.2 Å². The Balaban J connectivity index is 1.33. The summed E-state index contributed by atoms with van der Waals surface area (Å²) in [7, 11) is 0. The molecule has 0 aromatic heterocycles. The van der Waals surface area contributed by atoms with Gasteiger partial charge in [0.15, 0.2) is 12.4 Å². The van der Waals surface area contributed by atoms with Gasteiger partial charge in [-0.2, -0.15) is 0 Å². The molecule has 0 unspecified atom stereocenters. The second-order valence-electron chi connectivity index (χ2n) is 11.6. The summed E-state index contributed by atoms with van der Waals surface area (Å²) in [6.07, 6.45) is 1.03. The molecule has 0 aliphatic carbocycles. The van der Waals surface area contributed by atoms with E-state index in [-0.39, 0.29) is 37.4 Å². The lowest BCUT2D eigenvalue weighted by Crippen LogP contribution is -2.42. The number of nitrogens with zero attached hydrogens (tertiary/aromatic N) is 1. The van der Waals surface area contributed by atoms with Crippen LogP contribution in [0.5, 0.6) is 0 Å². The van der Waals surface area contributed by atoms with Crippen LogP contribution in [0.3, 0.4) is 0 Å². The van der Waals surface area contributed by atoms with Crippen molar-refractivity contribution in [2.45, 2.75) is 76.9 Å². The predicted octanol–water partition coefficient (Wildman–Crippen LogP) is 4.42. The van der Waals surface area contributed by atoms with E-state index in [1.165, 1.54) is 6.92 Å². The fourth-order valence-corrected chi connectivity index (χ4v) is 6.00. The Morgan fingerprint density at radius 3 is 2.45 bits per heavy atom. The van der Waals surface area contributed by atoms with Crippen molar-refractivity contribution in [3.8, 4) is 11.1 Å². The molecule has 9 nitrogen and oxygen atoms in total. The van der Waals surface area contributed by atoms with Crippen LogP contribution in [-0.2, 0) is 37.0 Å². The van der Waals surface area contributed by atoms with Crippen LogP contribution in [0.25, 0.3) is 11.1 Å². The van der Waals surface area contributed by atoms with Crippen molar-refractivity contribution >= 4 is 11.9 Å². The molecule has 5 rings (SSSR count). The van der Waals surface area contributed by atoms with E-state index in [0.717, 1.165) is 59.3 Å². The summed E-state index contributed by atoms with van der Waals surface area (Å²) in [5.74, 6) is -0.850. The molecule has 9 heteroatoms. The van der Waals surface area contributed by atoms with Crippen LogP contribution in [0.15, 0.2) is 72.8 Å². The zero-order chi connectivity index (χ0) is 31.1. The minimum Gasteiger partial charge on any atom is -0.453 e. The summed E-state index contributed by atoms with van der Waals surface area (Å²) >= 11 is 0. The van der Waals surface area contributed by atoms with Gasteiger partial charge >= 0.3 is 5.97 Å². The van der Waals surface area contributed by atoms with Crippen molar-refractivity contribution in [3.05, 3.63) is 95.1 Å². The SMILES string of the molecule is CC(=O)O[C@@H](C)C(=O)NCc1cccc(-c2cccc([C@H]3O[C@@H](CN4CCC[C@H]4CO)C[C@@H](c4ccc(CO)cc4)O3)c2)c1. The first-order valence-corrected chi connectivity index (χ1v) is 15.3. The topological polar surface area (TPSA) is 118 Å². The monoisotopic (exact) mass is 602 g/mol. The summed E-state index contributed by atoms with van der Waals surface area (Å²) in [5.41, 5.74) is 5.68. The minimum atomic E-state index is -0.858. The number of aliphatic hydroxyl groups excluding tert-OH is 2. The fraction of sp³-hybridized carbons (Fsp3) is 0.429. The fourth-order valence-electron chi connectivity index (χ4n) is 6.00. The van der Waals surface area contributed by atoms with Gasteiger partial charge in [-0.25, -0.2) is 0 Å². The number of nitrogens with one attached hydrogen (secondary N) is 1. The summed E-state index contributed by atoms with van der Waals surface area (Å²) in [4.78, 5) is 25.8. The number of carbonyl (C=O) groups excluding carboxylic acids is 2. The molecule has 2 saturated heterocycles. The summed E-state index contributed by atoms with van der Waals surface area (Å²) in [6, 6.07) is 24.1. The van der Waals surface area contributed by atoms with E-state index in [0.29, 0.717) is 13.0 Å². The molecule has 2 aliphatic rings. The van der Waals surface area contributed by atoms with Gasteiger partial charge in [-0.1, -0.05) is 60.7 Å². The maximum atomic E-state index is 12.3. The zero-order valence-electron chi connectivity index (χ0n) is 25.4.